The van der Waals surface area contributed by atoms with Crippen LogP contribution in [0.1, 0.15) is 5.56 Å². The average Bonchev–Trinajstić information content (AvgIpc) is 3.06. The Bertz CT molecular complexity index is 755. The van der Waals surface area contributed by atoms with Crippen LogP contribution in [0.5, 0.6) is 0 Å². The quantitative estimate of drug-likeness (QED) is 0.622. The molecule has 0 spiro atoms. The first-order chi connectivity index (χ1) is 11.2. The molecule has 0 saturated carbocycles. The summed E-state index contributed by atoms with van der Waals surface area (Å²) < 4.78 is 0. The monoisotopic (exact) mass is 346 g/mol. The van der Waals surface area contributed by atoms with E-state index >= 15 is 0 Å². The SMILES string of the molecule is N#Cc1ccc(-c2cccs2)nc1SCC1=C[C@@H](O)N[C@@H](O)N1. The smallest absolute Gasteiger partial charge is 0.183 e. The van der Waals surface area contributed by atoms with E-state index in [1.165, 1.54) is 11.8 Å². The minimum absolute atomic E-state index is 0.464. The predicted molar refractivity (Wildman–Crippen MR) is 89.4 cm³/mol. The molecule has 0 unspecified atom stereocenters. The number of aliphatic hydroxyl groups excluding tert-OH is 2. The zero-order chi connectivity index (χ0) is 16.2. The van der Waals surface area contributed by atoms with Crippen LogP contribution in [-0.2, 0) is 0 Å². The van der Waals surface area contributed by atoms with E-state index < -0.39 is 12.6 Å². The van der Waals surface area contributed by atoms with Gasteiger partial charge in [-0.05, 0) is 29.7 Å². The maximum Gasteiger partial charge on any atom is 0.183 e. The first-order valence-corrected chi connectivity index (χ1v) is 8.69. The second-order valence-corrected chi connectivity index (χ2v) is 6.69. The molecule has 0 saturated heterocycles. The van der Waals surface area contributed by atoms with Crippen LogP contribution in [0.15, 0.2) is 46.4 Å². The minimum atomic E-state index is -0.994. The Balaban J connectivity index is 1.79. The standard InChI is InChI=1S/C15H14N4O2S2/c16-7-9-3-4-11(12-2-1-5-22-12)18-14(9)23-8-10-6-13(20)19-15(21)17-10/h1-6,13,15,17,19-21H,8H2/t13-,15+/m1/s1. The molecule has 2 atom stereocenters. The van der Waals surface area contributed by atoms with Crippen molar-refractivity contribution in [1.82, 2.24) is 15.6 Å². The third-order valence-electron chi connectivity index (χ3n) is 3.13. The normalized spacial score (nSPS) is 20.5. The molecule has 3 rings (SSSR count). The number of rotatable bonds is 4. The molecular weight excluding hydrogens is 332 g/mol. The van der Waals surface area contributed by atoms with Gasteiger partial charge in [0.05, 0.1) is 16.1 Å². The Morgan fingerprint density at radius 2 is 2.22 bits per heavy atom. The zero-order valence-corrected chi connectivity index (χ0v) is 13.6. The van der Waals surface area contributed by atoms with E-state index in [-0.39, 0.29) is 0 Å². The fraction of sp³-hybridized carbons (Fsp3) is 0.200. The topological polar surface area (TPSA) is 101 Å². The molecule has 0 radical (unpaired) electrons. The summed E-state index contributed by atoms with van der Waals surface area (Å²) in [6.45, 7) is 0. The van der Waals surface area contributed by atoms with Crippen molar-refractivity contribution in [2.75, 3.05) is 5.75 Å². The number of thioether (sulfide) groups is 1. The summed E-state index contributed by atoms with van der Waals surface area (Å²) in [4.78, 5) is 5.61. The molecular formula is C15H14N4O2S2. The number of thiophene rings is 1. The summed E-state index contributed by atoms with van der Waals surface area (Å²) in [7, 11) is 0. The Kier molecular flexibility index (Phi) is 4.95. The lowest BCUT2D eigenvalue weighted by Gasteiger charge is -2.25. The van der Waals surface area contributed by atoms with Crippen molar-refractivity contribution in [3.05, 3.63) is 47.0 Å². The number of hydrogen-bond acceptors (Lipinski definition) is 8. The molecule has 0 bridgehead atoms. The van der Waals surface area contributed by atoms with Crippen molar-refractivity contribution in [1.29, 1.82) is 5.26 Å². The van der Waals surface area contributed by atoms with Gasteiger partial charge in [-0.1, -0.05) is 17.8 Å². The first kappa shape index (κ1) is 16.0. The predicted octanol–water partition coefficient (Wildman–Crippen LogP) is 1.44. The summed E-state index contributed by atoms with van der Waals surface area (Å²) in [6, 6.07) is 9.68. The molecule has 0 aromatic carbocycles. The van der Waals surface area contributed by atoms with Gasteiger partial charge in [0, 0.05) is 11.4 Å². The van der Waals surface area contributed by atoms with Gasteiger partial charge in [0.1, 0.15) is 17.3 Å². The van der Waals surface area contributed by atoms with Crippen LogP contribution in [0.25, 0.3) is 10.6 Å². The second-order valence-electron chi connectivity index (χ2n) is 4.78. The van der Waals surface area contributed by atoms with Gasteiger partial charge in [-0.25, -0.2) is 10.3 Å². The van der Waals surface area contributed by atoms with E-state index in [4.69, 9.17) is 0 Å². The molecule has 0 amide bonds. The number of aromatic nitrogens is 1. The molecule has 1 aliphatic rings. The van der Waals surface area contributed by atoms with Crippen LogP contribution in [0.3, 0.4) is 0 Å². The molecule has 0 fully saturated rings. The summed E-state index contributed by atoms with van der Waals surface area (Å²) in [5, 5.41) is 36.2. The highest BCUT2D eigenvalue weighted by molar-refractivity contribution is 7.99. The number of pyridine rings is 1. The lowest BCUT2D eigenvalue weighted by Crippen LogP contribution is -2.50. The summed E-state index contributed by atoms with van der Waals surface area (Å²) in [5.74, 6) is 0.464. The molecule has 1 aliphatic heterocycles. The maximum atomic E-state index is 9.55. The van der Waals surface area contributed by atoms with Crippen LogP contribution >= 0.6 is 23.1 Å². The first-order valence-electron chi connectivity index (χ1n) is 6.83. The van der Waals surface area contributed by atoms with Crippen LogP contribution in [0, 0.1) is 11.3 Å². The van der Waals surface area contributed by atoms with Gasteiger partial charge in [-0.3, -0.25) is 0 Å². The van der Waals surface area contributed by atoms with Crippen LogP contribution in [-0.4, -0.2) is 33.5 Å². The Morgan fingerprint density at radius 1 is 1.35 bits per heavy atom. The maximum absolute atomic E-state index is 9.55. The zero-order valence-electron chi connectivity index (χ0n) is 11.9. The van der Waals surface area contributed by atoms with Gasteiger partial charge in [0.25, 0.3) is 0 Å². The number of aliphatic hydroxyl groups is 2. The van der Waals surface area contributed by atoms with Crippen molar-refractivity contribution in [3.8, 4) is 16.6 Å². The summed E-state index contributed by atoms with van der Waals surface area (Å²) in [5.41, 5.74) is 2.01. The highest BCUT2D eigenvalue weighted by atomic mass is 32.2. The van der Waals surface area contributed by atoms with E-state index in [0.29, 0.717) is 22.0 Å². The lowest BCUT2D eigenvalue weighted by atomic mass is 10.2. The number of hydrogen-bond donors (Lipinski definition) is 4. The molecule has 2 aromatic heterocycles. The largest absolute Gasteiger partial charge is 0.375 e. The summed E-state index contributed by atoms with van der Waals surface area (Å²) in [6.07, 6.45) is -0.316. The van der Waals surface area contributed by atoms with Crippen molar-refractivity contribution in [2.45, 2.75) is 17.6 Å². The third kappa shape index (κ3) is 3.90. The highest BCUT2D eigenvalue weighted by Crippen LogP contribution is 2.28. The van der Waals surface area contributed by atoms with E-state index in [9.17, 15) is 15.5 Å². The van der Waals surface area contributed by atoms with Gasteiger partial charge in [0.15, 0.2) is 6.35 Å². The summed E-state index contributed by atoms with van der Waals surface area (Å²) >= 11 is 2.98. The molecule has 8 heteroatoms. The molecule has 4 N–H and O–H groups in total. The van der Waals surface area contributed by atoms with Gasteiger partial charge in [0.2, 0.25) is 0 Å². The van der Waals surface area contributed by atoms with Crippen molar-refractivity contribution in [2.24, 2.45) is 0 Å². The van der Waals surface area contributed by atoms with Gasteiger partial charge >= 0.3 is 0 Å². The van der Waals surface area contributed by atoms with Crippen molar-refractivity contribution < 1.29 is 10.2 Å². The van der Waals surface area contributed by atoms with E-state index in [1.54, 1.807) is 23.5 Å². The van der Waals surface area contributed by atoms with Gasteiger partial charge in [-0.2, -0.15) is 5.26 Å². The Labute approximate surface area is 141 Å². The van der Waals surface area contributed by atoms with Crippen molar-refractivity contribution >= 4 is 23.1 Å². The average molecular weight is 346 g/mol. The van der Waals surface area contributed by atoms with Crippen LogP contribution < -0.4 is 10.6 Å². The van der Waals surface area contributed by atoms with E-state index in [1.807, 2.05) is 23.6 Å². The molecule has 23 heavy (non-hydrogen) atoms. The number of nitriles is 1. The molecule has 2 aromatic rings. The van der Waals surface area contributed by atoms with E-state index in [2.05, 4.69) is 21.7 Å². The molecule has 0 aliphatic carbocycles. The second kappa shape index (κ2) is 7.12. The highest BCUT2D eigenvalue weighted by Gasteiger charge is 2.17. The lowest BCUT2D eigenvalue weighted by molar-refractivity contribution is 0.0391. The number of nitrogens with zero attached hydrogens (tertiary/aromatic N) is 2. The van der Waals surface area contributed by atoms with Crippen LogP contribution in [0.2, 0.25) is 0 Å². The molecule has 118 valence electrons. The van der Waals surface area contributed by atoms with Crippen LogP contribution in [0.4, 0.5) is 0 Å². The molecule has 3 heterocycles. The van der Waals surface area contributed by atoms with Gasteiger partial charge in [-0.15, -0.1) is 11.3 Å². The van der Waals surface area contributed by atoms with Crippen molar-refractivity contribution in [3.63, 3.8) is 0 Å². The number of nitrogens with one attached hydrogen (secondary N) is 2. The fourth-order valence-corrected chi connectivity index (χ4v) is 3.70. The third-order valence-corrected chi connectivity index (χ3v) is 5.06. The fourth-order valence-electron chi connectivity index (χ4n) is 2.10. The minimum Gasteiger partial charge on any atom is -0.375 e. The Morgan fingerprint density at radius 3 is 2.91 bits per heavy atom. The molecule has 6 nitrogen and oxygen atoms in total. The Hall–Kier alpha value is -1.89. The van der Waals surface area contributed by atoms with E-state index in [0.717, 1.165) is 10.6 Å². The van der Waals surface area contributed by atoms with Gasteiger partial charge < -0.3 is 15.5 Å².